The molecule has 0 radical (unpaired) electrons. The maximum atomic E-state index is 6.03. The van der Waals surface area contributed by atoms with Crippen LogP contribution in [0.1, 0.15) is 5.56 Å². The van der Waals surface area contributed by atoms with E-state index in [-0.39, 0.29) is 0 Å². The Balaban J connectivity index is 1.61. The molecular weight excluding hydrogens is 329 g/mol. The minimum atomic E-state index is 0.510. The van der Waals surface area contributed by atoms with Gasteiger partial charge in [-0.1, -0.05) is 59.6 Å². The molecular formula is C18H15Cl2N3. The third kappa shape index (κ3) is 4.21. The molecule has 3 aromatic rings. The fraction of sp³-hybridized carbons (Fsp3) is 0.111. The van der Waals surface area contributed by atoms with E-state index in [4.69, 9.17) is 23.2 Å². The van der Waals surface area contributed by atoms with Gasteiger partial charge in [-0.05, 0) is 36.2 Å². The number of benzene rings is 2. The zero-order valence-corrected chi connectivity index (χ0v) is 13.8. The van der Waals surface area contributed by atoms with Crippen molar-refractivity contribution in [2.75, 3.05) is 11.9 Å². The number of hydrogen-bond donors (Lipinski definition) is 1. The average Bonchev–Trinajstić information content (AvgIpc) is 2.59. The number of hydrogen-bond acceptors (Lipinski definition) is 3. The lowest BCUT2D eigenvalue weighted by molar-refractivity contribution is 0.970. The molecule has 5 heteroatoms. The minimum absolute atomic E-state index is 0.510. The summed E-state index contributed by atoms with van der Waals surface area (Å²) >= 11 is 12.0. The maximum Gasteiger partial charge on any atom is 0.148 e. The first kappa shape index (κ1) is 15.8. The van der Waals surface area contributed by atoms with E-state index in [1.165, 1.54) is 5.56 Å². The van der Waals surface area contributed by atoms with Crippen molar-refractivity contribution in [3.05, 3.63) is 76.3 Å². The third-order valence-corrected chi connectivity index (χ3v) is 4.18. The molecule has 0 unspecified atom stereocenters. The van der Waals surface area contributed by atoms with Crippen molar-refractivity contribution in [1.82, 2.24) is 10.2 Å². The van der Waals surface area contributed by atoms with Crippen molar-refractivity contribution in [1.29, 1.82) is 0 Å². The fourth-order valence-electron chi connectivity index (χ4n) is 2.22. The molecule has 0 saturated heterocycles. The van der Waals surface area contributed by atoms with Gasteiger partial charge in [0.25, 0.3) is 0 Å². The molecule has 2 aromatic carbocycles. The SMILES string of the molecule is Clc1ccc(-c2ccc(NCCc3ccccc3)nn2)cc1Cl. The molecule has 3 rings (SSSR count). The van der Waals surface area contributed by atoms with Crippen LogP contribution < -0.4 is 5.32 Å². The van der Waals surface area contributed by atoms with Crippen molar-refractivity contribution in [3.63, 3.8) is 0 Å². The highest BCUT2D eigenvalue weighted by Gasteiger charge is 2.04. The lowest BCUT2D eigenvalue weighted by Gasteiger charge is -2.06. The normalized spacial score (nSPS) is 10.5. The molecule has 0 aliphatic rings. The highest BCUT2D eigenvalue weighted by Crippen LogP contribution is 2.27. The second kappa shape index (κ2) is 7.44. The molecule has 0 aliphatic carbocycles. The molecule has 1 aromatic heterocycles. The van der Waals surface area contributed by atoms with Gasteiger partial charge < -0.3 is 5.32 Å². The summed E-state index contributed by atoms with van der Waals surface area (Å²) in [6, 6.07) is 19.6. The molecule has 3 nitrogen and oxygen atoms in total. The van der Waals surface area contributed by atoms with Gasteiger partial charge in [0.05, 0.1) is 15.7 Å². The standard InChI is InChI=1S/C18H15Cl2N3/c19-15-7-6-14(12-16(15)20)17-8-9-18(23-22-17)21-11-10-13-4-2-1-3-5-13/h1-9,12H,10-11H2,(H,21,23). The third-order valence-electron chi connectivity index (χ3n) is 3.44. The van der Waals surface area contributed by atoms with E-state index in [0.29, 0.717) is 10.0 Å². The Morgan fingerprint density at radius 2 is 1.65 bits per heavy atom. The summed E-state index contributed by atoms with van der Waals surface area (Å²) in [6.45, 7) is 0.810. The van der Waals surface area contributed by atoms with Gasteiger partial charge in [0.15, 0.2) is 0 Å². The van der Waals surface area contributed by atoms with E-state index in [9.17, 15) is 0 Å². The average molecular weight is 344 g/mol. The molecule has 0 saturated carbocycles. The van der Waals surface area contributed by atoms with Gasteiger partial charge in [-0.2, -0.15) is 0 Å². The van der Waals surface area contributed by atoms with Crippen LogP contribution >= 0.6 is 23.2 Å². The first-order valence-electron chi connectivity index (χ1n) is 7.29. The Bertz CT molecular complexity index is 774. The van der Waals surface area contributed by atoms with E-state index in [0.717, 1.165) is 30.0 Å². The van der Waals surface area contributed by atoms with Gasteiger partial charge in [0, 0.05) is 12.1 Å². The van der Waals surface area contributed by atoms with Gasteiger partial charge in [-0.15, -0.1) is 10.2 Å². The molecule has 116 valence electrons. The first-order valence-corrected chi connectivity index (χ1v) is 8.05. The second-order valence-electron chi connectivity index (χ2n) is 5.10. The first-order chi connectivity index (χ1) is 11.2. The smallest absolute Gasteiger partial charge is 0.148 e. The summed E-state index contributed by atoms with van der Waals surface area (Å²) in [5.41, 5.74) is 2.94. The van der Waals surface area contributed by atoms with E-state index in [1.807, 2.05) is 36.4 Å². The number of aromatic nitrogens is 2. The summed E-state index contributed by atoms with van der Waals surface area (Å²) in [7, 11) is 0. The topological polar surface area (TPSA) is 37.8 Å². The summed E-state index contributed by atoms with van der Waals surface area (Å²) in [4.78, 5) is 0. The lowest BCUT2D eigenvalue weighted by atomic mass is 10.1. The summed E-state index contributed by atoms with van der Waals surface area (Å²) in [5.74, 6) is 0.754. The zero-order chi connectivity index (χ0) is 16.1. The maximum absolute atomic E-state index is 6.03. The predicted molar refractivity (Wildman–Crippen MR) is 96.1 cm³/mol. The Hall–Kier alpha value is -2.10. The van der Waals surface area contributed by atoms with Crippen molar-refractivity contribution < 1.29 is 0 Å². The van der Waals surface area contributed by atoms with Crippen molar-refractivity contribution in [2.45, 2.75) is 6.42 Å². The number of anilines is 1. The Labute approximate surface area is 145 Å². The van der Waals surface area contributed by atoms with Gasteiger partial charge >= 0.3 is 0 Å². The Kier molecular flexibility index (Phi) is 5.11. The predicted octanol–water partition coefficient (Wildman–Crippen LogP) is 5.11. The summed E-state index contributed by atoms with van der Waals surface area (Å²) in [6.07, 6.45) is 0.942. The number of halogens is 2. The molecule has 0 spiro atoms. The fourth-order valence-corrected chi connectivity index (χ4v) is 2.51. The van der Waals surface area contributed by atoms with Crippen LogP contribution in [0.4, 0.5) is 5.82 Å². The van der Waals surface area contributed by atoms with Crippen LogP contribution in [0.25, 0.3) is 11.3 Å². The monoisotopic (exact) mass is 343 g/mol. The van der Waals surface area contributed by atoms with Crippen LogP contribution in [-0.2, 0) is 6.42 Å². The van der Waals surface area contributed by atoms with Crippen molar-refractivity contribution in [3.8, 4) is 11.3 Å². The Morgan fingerprint density at radius 1 is 0.826 bits per heavy atom. The molecule has 0 atom stereocenters. The largest absolute Gasteiger partial charge is 0.368 e. The zero-order valence-electron chi connectivity index (χ0n) is 12.3. The number of nitrogens with one attached hydrogen (secondary N) is 1. The van der Waals surface area contributed by atoms with Crippen LogP contribution in [0.2, 0.25) is 10.0 Å². The van der Waals surface area contributed by atoms with E-state index in [2.05, 4.69) is 27.6 Å². The molecule has 1 heterocycles. The van der Waals surface area contributed by atoms with E-state index >= 15 is 0 Å². The lowest BCUT2D eigenvalue weighted by Crippen LogP contribution is -2.06. The quantitative estimate of drug-likeness (QED) is 0.699. The van der Waals surface area contributed by atoms with Crippen LogP contribution in [0.3, 0.4) is 0 Å². The Morgan fingerprint density at radius 3 is 2.35 bits per heavy atom. The molecule has 0 amide bonds. The van der Waals surface area contributed by atoms with Crippen LogP contribution in [-0.4, -0.2) is 16.7 Å². The van der Waals surface area contributed by atoms with E-state index < -0.39 is 0 Å². The highest BCUT2D eigenvalue weighted by atomic mass is 35.5. The molecule has 1 N–H and O–H groups in total. The summed E-state index contributed by atoms with van der Waals surface area (Å²) in [5, 5.41) is 12.7. The van der Waals surface area contributed by atoms with E-state index in [1.54, 1.807) is 12.1 Å². The van der Waals surface area contributed by atoms with Crippen LogP contribution in [0.15, 0.2) is 60.7 Å². The molecule has 0 bridgehead atoms. The highest BCUT2D eigenvalue weighted by molar-refractivity contribution is 6.42. The van der Waals surface area contributed by atoms with Crippen molar-refractivity contribution in [2.24, 2.45) is 0 Å². The molecule has 23 heavy (non-hydrogen) atoms. The number of rotatable bonds is 5. The molecule has 0 aliphatic heterocycles. The minimum Gasteiger partial charge on any atom is -0.368 e. The van der Waals surface area contributed by atoms with Gasteiger partial charge in [-0.3, -0.25) is 0 Å². The van der Waals surface area contributed by atoms with Gasteiger partial charge in [0.2, 0.25) is 0 Å². The summed E-state index contributed by atoms with van der Waals surface area (Å²) < 4.78 is 0. The van der Waals surface area contributed by atoms with Gasteiger partial charge in [-0.25, -0.2) is 0 Å². The number of nitrogens with zero attached hydrogens (tertiary/aromatic N) is 2. The van der Waals surface area contributed by atoms with Crippen LogP contribution in [0.5, 0.6) is 0 Å². The van der Waals surface area contributed by atoms with Crippen LogP contribution in [0, 0.1) is 0 Å². The molecule has 0 fully saturated rings. The van der Waals surface area contributed by atoms with Gasteiger partial charge in [0.1, 0.15) is 5.82 Å². The second-order valence-corrected chi connectivity index (χ2v) is 5.91. The van der Waals surface area contributed by atoms with Crippen molar-refractivity contribution >= 4 is 29.0 Å².